The van der Waals surface area contributed by atoms with E-state index < -0.39 is 0 Å². The second-order valence-corrected chi connectivity index (χ2v) is 8.39. The SMILES string of the molecule is CC1CC2(C1)CC(NC(=O)c1cnc3cc(C4CC4)ncc3c1)C2. The zero-order valence-corrected chi connectivity index (χ0v) is 14.1. The molecule has 2 heterocycles. The molecule has 2 aromatic rings. The van der Waals surface area contributed by atoms with E-state index in [0.717, 1.165) is 35.4 Å². The third-order valence-electron chi connectivity index (χ3n) is 6.10. The Balaban J connectivity index is 1.28. The third-order valence-corrected chi connectivity index (χ3v) is 6.10. The first-order valence-corrected chi connectivity index (χ1v) is 9.17. The maximum atomic E-state index is 12.5. The molecule has 3 fully saturated rings. The molecular formula is C20H23N3O. The number of pyridine rings is 2. The van der Waals surface area contributed by atoms with Crippen molar-refractivity contribution < 1.29 is 4.79 Å². The summed E-state index contributed by atoms with van der Waals surface area (Å²) in [5.41, 5.74) is 3.28. The molecule has 24 heavy (non-hydrogen) atoms. The summed E-state index contributed by atoms with van der Waals surface area (Å²) in [6.07, 6.45) is 11.0. The van der Waals surface area contributed by atoms with Gasteiger partial charge in [-0.15, -0.1) is 0 Å². The van der Waals surface area contributed by atoms with Gasteiger partial charge in [-0.1, -0.05) is 6.92 Å². The highest BCUT2D eigenvalue weighted by Gasteiger charge is 2.51. The van der Waals surface area contributed by atoms with Crippen LogP contribution in [0.2, 0.25) is 0 Å². The van der Waals surface area contributed by atoms with E-state index in [9.17, 15) is 4.79 Å². The van der Waals surface area contributed by atoms with E-state index in [2.05, 4.69) is 28.3 Å². The molecule has 0 unspecified atom stereocenters. The molecule has 3 aliphatic carbocycles. The summed E-state index contributed by atoms with van der Waals surface area (Å²) in [5, 5.41) is 4.12. The number of fused-ring (bicyclic) bond motifs is 1. The number of aromatic nitrogens is 2. The molecule has 0 radical (unpaired) electrons. The zero-order chi connectivity index (χ0) is 16.3. The van der Waals surface area contributed by atoms with Crippen molar-refractivity contribution >= 4 is 16.8 Å². The van der Waals surface area contributed by atoms with Crippen LogP contribution >= 0.6 is 0 Å². The summed E-state index contributed by atoms with van der Waals surface area (Å²) >= 11 is 0. The first kappa shape index (κ1) is 14.4. The van der Waals surface area contributed by atoms with Gasteiger partial charge in [0.25, 0.3) is 5.91 Å². The molecule has 2 aromatic heterocycles. The van der Waals surface area contributed by atoms with Crippen LogP contribution < -0.4 is 5.32 Å². The minimum Gasteiger partial charge on any atom is -0.349 e. The lowest BCUT2D eigenvalue weighted by Gasteiger charge is -2.57. The zero-order valence-electron chi connectivity index (χ0n) is 14.1. The Labute approximate surface area is 142 Å². The maximum absolute atomic E-state index is 12.5. The second kappa shape index (κ2) is 5.01. The highest BCUT2D eigenvalue weighted by molar-refractivity contribution is 5.97. The Morgan fingerprint density at radius 1 is 1.12 bits per heavy atom. The van der Waals surface area contributed by atoms with E-state index in [0.29, 0.717) is 22.9 Å². The van der Waals surface area contributed by atoms with Crippen LogP contribution in [0, 0.1) is 11.3 Å². The number of amides is 1. The maximum Gasteiger partial charge on any atom is 0.253 e. The lowest BCUT2D eigenvalue weighted by molar-refractivity contribution is -0.0399. The van der Waals surface area contributed by atoms with Crippen LogP contribution in [0.3, 0.4) is 0 Å². The monoisotopic (exact) mass is 321 g/mol. The van der Waals surface area contributed by atoms with Crippen molar-refractivity contribution in [3.8, 4) is 0 Å². The fourth-order valence-electron chi connectivity index (χ4n) is 4.87. The third kappa shape index (κ3) is 2.40. The summed E-state index contributed by atoms with van der Waals surface area (Å²) in [6.45, 7) is 2.32. The van der Waals surface area contributed by atoms with E-state index in [1.807, 2.05) is 12.3 Å². The van der Waals surface area contributed by atoms with Gasteiger partial charge in [0.05, 0.1) is 11.1 Å². The van der Waals surface area contributed by atoms with Crippen LogP contribution in [0.1, 0.15) is 67.4 Å². The van der Waals surface area contributed by atoms with E-state index in [1.54, 1.807) is 6.20 Å². The topological polar surface area (TPSA) is 54.9 Å². The van der Waals surface area contributed by atoms with Crippen molar-refractivity contribution in [2.75, 3.05) is 0 Å². The van der Waals surface area contributed by atoms with Crippen molar-refractivity contribution in [3.63, 3.8) is 0 Å². The highest BCUT2D eigenvalue weighted by Crippen LogP contribution is 2.58. The predicted octanol–water partition coefficient (Wildman–Crippen LogP) is 3.82. The second-order valence-electron chi connectivity index (χ2n) is 8.39. The van der Waals surface area contributed by atoms with Gasteiger partial charge in [-0.2, -0.15) is 0 Å². The van der Waals surface area contributed by atoms with Gasteiger partial charge in [-0.3, -0.25) is 14.8 Å². The van der Waals surface area contributed by atoms with Gasteiger partial charge < -0.3 is 5.32 Å². The van der Waals surface area contributed by atoms with Crippen molar-refractivity contribution in [1.29, 1.82) is 0 Å². The molecule has 0 aliphatic heterocycles. The van der Waals surface area contributed by atoms with E-state index in [1.165, 1.54) is 25.7 Å². The molecule has 1 amide bonds. The number of nitrogens with one attached hydrogen (secondary N) is 1. The smallest absolute Gasteiger partial charge is 0.253 e. The van der Waals surface area contributed by atoms with E-state index in [4.69, 9.17) is 0 Å². The van der Waals surface area contributed by atoms with E-state index in [-0.39, 0.29) is 5.91 Å². The Bertz CT molecular complexity index is 813. The molecule has 0 aromatic carbocycles. The number of nitrogens with zero attached hydrogens (tertiary/aromatic N) is 2. The molecule has 1 N–H and O–H groups in total. The number of carbonyl (C=O) groups is 1. The molecular weight excluding hydrogens is 298 g/mol. The van der Waals surface area contributed by atoms with Crippen LogP contribution in [-0.2, 0) is 0 Å². The van der Waals surface area contributed by atoms with Crippen LogP contribution in [0.5, 0.6) is 0 Å². The molecule has 0 bridgehead atoms. The van der Waals surface area contributed by atoms with Gasteiger partial charge in [0, 0.05) is 35.4 Å². The van der Waals surface area contributed by atoms with Crippen LogP contribution in [0.15, 0.2) is 24.5 Å². The Morgan fingerprint density at radius 3 is 2.62 bits per heavy atom. The van der Waals surface area contributed by atoms with Crippen molar-refractivity contribution in [2.24, 2.45) is 11.3 Å². The summed E-state index contributed by atoms with van der Waals surface area (Å²) in [7, 11) is 0. The number of rotatable bonds is 3. The van der Waals surface area contributed by atoms with Gasteiger partial charge in [-0.05, 0) is 62.0 Å². The standard InChI is InChI=1S/C20H23N3O/c1-12-6-20(7-12)8-16(9-20)23-19(24)15-4-14-10-21-17(13-2-3-13)5-18(14)22-11-15/h4-5,10-13,16H,2-3,6-9H2,1H3,(H,23,24). The minimum absolute atomic E-state index is 0.00268. The molecule has 1 spiro atoms. The fraction of sp³-hybridized carbons (Fsp3) is 0.550. The van der Waals surface area contributed by atoms with Gasteiger partial charge in [0.2, 0.25) is 0 Å². The van der Waals surface area contributed by atoms with Gasteiger partial charge in [0.15, 0.2) is 0 Å². The van der Waals surface area contributed by atoms with E-state index >= 15 is 0 Å². The Hall–Kier alpha value is -1.97. The highest BCUT2D eigenvalue weighted by atomic mass is 16.1. The molecule has 4 heteroatoms. The molecule has 124 valence electrons. The van der Waals surface area contributed by atoms with Crippen LogP contribution in [0.4, 0.5) is 0 Å². The minimum atomic E-state index is 0.00268. The average molecular weight is 321 g/mol. The predicted molar refractivity (Wildman–Crippen MR) is 92.8 cm³/mol. The molecule has 5 rings (SSSR count). The molecule has 3 aliphatic rings. The first-order valence-electron chi connectivity index (χ1n) is 9.17. The van der Waals surface area contributed by atoms with Gasteiger partial charge in [0.1, 0.15) is 0 Å². The summed E-state index contributed by atoms with van der Waals surface area (Å²) in [4.78, 5) is 21.5. The molecule has 0 atom stereocenters. The fourth-order valence-corrected chi connectivity index (χ4v) is 4.87. The lowest BCUT2D eigenvalue weighted by atomic mass is 9.50. The Kier molecular flexibility index (Phi) is 3.00. The Morgan fingerprint density at radius 2 is 1.92 bits per heavy atom. The number of carbonyl (C=O) groups excluding carboxylic acids is 1. The number of hydrogen-bond donors (Lipinski definition) is 1. The molecule has 4 nitrogen and oxygen atoms in total. The van der Waals surface area contributed by atoms with Gasteiger partial charge in [-0.25, -0.2) is 0 Å². The van der Waals surface area contributed by atoms with Gasteiger partial charge >= 0.3 is 0 Å². The summed E-state index contributed by atoms with van der Waals surface area (Å²) in [5.74, 6) is 1.50. The van der Waals surface area contributed by atoms with Crippen LogP contribution in [0.25, 0.3) is 10.9 Å². The summed E-state index contributed by atoms with van der Waals surface area (Å²) < 4.78 is 0. The first-order chi connectivity index (χ1) is 11.6. The number of hydrogen-bond acceptors (Lipinski definition) is 3. The van der Waals surface area contributed by atoms with Crippen LogP contribution in [-0.4, -0.2) is 21.9 Å². The molecule has 0 saturated heterocycles. The largest absolute Gasteiger partial charge is 0.349 e. The van der Waals surface area contributed by atoms with Crippen molar-refractivity contribution in [2.45, 2.75) is 57.4 Å². The normalized spacial score (nSPS) is 31.5. The van der Waals surface area contributed by atoms with Crippen molar-refractivity contribution in [3.05, 3.63) is 35.8 Å². The summed E-state index contributed by atoms with van der Waals surface area (Å²) in [6, 6.07) is 4.33. The lowest BCUT2D eigenvalue weighted by Crippen LogP contribution is -2.55. The van der Waals surface area contributed by atoms with Crippen molar-refractivity contribution in [1.82, 2.24) is 15.3 Å². The molecule has 3 saturated carbocycles. The quantitative estimate of drug-likeness (QED) is 0.935. The average Bonchev–Trinajstić information content (AvgIpc) is 3.35.